The molecule has 1 aliphatic rings. The molecule has 41 heavy (non-hydrogen) atoms. The maximum Gasteiger partial charge on any atom is 0.338 e. The van der Waals surface area contributed by atoms with Crippen molar-refractivity contribution in [3.05, 3.63) is 95.6 Å². The van der Waals surface area contributed by atoms with Crippen LogP contribution in [0.2, 0.25) is 0 Å². The first-order chi connectivity index (χ1) is 19.9. The van der Waals surface area contributed by atoms with Crippen LogP contribution in [0.3, 0.4) is 0 Å². The minimum atomic E-state index is -0.782. The van der Waals surface area contributed by atoms with Crippen molar-refractivity contribution in [2.45, 2.75) is 39.7 Å². The summed E-state index contributed by atoms with van der Waals surface area (Å²) in [7, 11) is 1.57. The van der Waals surface area contributed by atoms with E-state index in [4.69, 9.17) is 23.9 Å². The number of rotatable bonds is 12. The lowest BCUT2D eigenvalue weighted by Crippen LogP contribution is -2.40. The average Bonchev–Trinajstić information content (AvgIpc) is 3.26. The number of hydrogen-bond donors (Lipinski definition) is 0. The number of methoxy groups -OCH3 is 1. The number of allylic oxidation sites excluding steroid dienone is 1. The monoisotopic (exact) mass is 640 g/mol. The maximum atomic E-state index is 14.1. The second-order valence-corrected chi connectivity index (χ2v) is 11.0. The molecule has 8 nitrogen and oxygen atoms in total. The van der Waals surface area contributed by atoms with Gasteiger partial charge >= 0.3 is 5.97 Å². The molecule has 0 saturated carbocycles. The van der Waals surface area contributed by atoms with Crippen LogP contribution in [-0.4, -0.2) is 37.5 Å². The summed E-state index contributed by atoms with van der Waals surface area (Å²) in [4.78, 5) is 32.8. The van der Waals surface area contributed by atoms with Crippen molar-refractivity contribution >= 4 is 39.3 Å². The lowest BCUT2D eigenvalue weighted by atomic mass is 9.93. The van der Waals surface area contributed by atoms with Gasteiger partial charge in [0.15, 0.2) is 16.3 Å². The molecule has 3 aromatic rings. The molecule has 0 bridgehead atoms. The van der Waals surface area contributed by atoms with Crippen molar-refractivity contribution in [3.8, 4) is 17.2 Å². The molecule has 0 spiro atoms. The van der Waals surface area contributed by atoms with E-state index in [1.807, 2.05) is 50.2 Å². The van der Waals surface area contributed by atoms with Crippen molar-refractivity contribution in [2.24, 2.45) is 4.99 Å². The fraction of sp³-hybridized carbons (Fsp3) is 0.323. The van der Waals surface area contributed by atoms with Crippen molar-refractivity contribution < 1.29 is 23.7 Å². The highest BCUT2D eigenvalue weighted by Crippen LogP contribution is 2.38. The predicted molar refractivity (Wildman–Crippen MR) is 164 cm³/mol. The number of carbonyl (C=O) groups excluding carboxylic acids is 1. The second kappa shape index (κ2) is 13.8. The summed E-state index contributed by atoms with van der Waals surface area (Å²) >= 11 is 4.82. The van der Waals surface area contributed by atoms with E-state index in [1.54, 1.807) is 30.8 Å². The molecule has 0 unspecified atom stereocenters. The molecule has 10 heteroatoms. The Bertz CT molecular complexity index is 1660. The average molecular weight is 642 g/mol. The first kappa shape index (κ1) is 30.3. The van der Waals surface area contributed by atoms with Gasteiger partial charge in [0.1, 0.15) is 18.4 Å². The molecule has 1 aromatic heterocycles. The number of fused-ring (bicyclic) bond motifs is 1. The Morgan fingerprint density at radius 3 is 2.56 bits per heavy atom. The number of esters is 1. The zero-order chi connectivity index (χ0) is 29.5. The van der Waals surface area contributed by atoms with Gasteiger partial charge in [-0.3, -0.25) is 9.36 Å². The van der Waals surface area contributed by atoms with Gasteiger partial charge in [-0.1, -0.05) is 59.3 Å². The first-order valence-electron chi connectivity index (χ1n) is 13.4. The van der Waals surface area contributed by atoms with Crippen LogP contribution in [0.1, 0.15) is 50.8 Å². The van der Waals surface area contributed by atoms with E-state index in [-0.39, 0.29) is 12.2 Å². The van der Waals surface area contributed by atoms with E-state index in [0.717, 1.165) is 16.5 Å². The van der Waals surface area contributed by atoms with E-state index in [1.165, 1.54) is 11.3 Å². The number of benzene rings is 2. The molecule has 4 rings (SSSR count). The van der Waals surface area contributed by atoms with Crippen molar-refractivity contribution in [1.29, 1.82) is 0 Å². The summed E-state index contributed by atoms with van der Waals surface area (Å²) in [6, 6.07) is 10.3. The van der Waals surface area contributed by atoms with Gasteiger partial charge in [-0.2, -0.15) is 0 Å². The number of thiazole rings is 1. The fourth-order valence-corrected chi connectivity index (χ4v) is 6.03. The standard InChI is InChI=1S/C31H33BrN2O6S/c1-6-10-22-27(30(36)39-9-4)28(21-18-20(32)12-14-23(21)37-5)34-29(35)26(41-31(34)33-22)17-19-11-13-24(40-15-7-2)25(16-19)38-8-3/h7,11-14,16-18,28H,2,6,8-10,15H2,1,3-5H3/b26-17+/t28-/m0/s1. The predicted octanol–water partition coefficient (Wildman–Crippen LogP) is 5.31. The van der Waals surface area contributed by atoms with E-state index in [2.05, 4.69) is 22.5 Å². The molecule has 0 radical (unpaired) electrons. The fourth-order valence-electron chi connectivity index (χ4n) is 4.64. The molecule has 2 aromatic carbocycles. The van der Waals surface area contributed by atoms with Crippen LogP contribution < -0.4 is 29.1 Å². The molecular formula is C31H33BrN2O6S. The molecule has 1 atom stereocenters. The third-order valence-electron chi connectivity index (χ3n) is 6.30. The Morgan fingerprint density at radius 2 is 1.88 bits per heavy atom. The van der Waals surface area contributed by atoms with Crippen LogP contribution in [0.15, 0.2) is 74.6 Å². The van der Waals surface area contributed by atoms with Crippen LogP contribution in [0, 0.1) is 0 Å². The van der Waals surface area contributed by atoms with Crippen LogP contribution in [0.4, 0.5) is 0 Å². The van der Waals surface area contributed by atoms with Gasteiger partial charge in [0.2, 0.25) is 0 Å². The quantitative estimate of drug-likeness (QED) is 0.197. The zero-order valence-electron chi connectivity index (χ0n) is 23.6. The molecule has 0 aliphatic carbocycles. The Morgan fingerprint density at radius 1 is 1.10 bits per heavy atom. The van der Waals surface area contributed by atoms with Crippen LogP contribution >= 0.6 is 27.3 Å². The van der Waals surface area contributed by atoms with Gasteiger partial charge in [0.05, 0.1) is 36.1 Å². The molecule has 0 saturated heterocycles. The number of carbonyl (C=O) groups is 1. The van der Waals surface area contributed by atoms with Crippen molar-refractivity contribution in [2.75, 3.05) is 26.9 Å². The summed E-state index contributed by atoms with van der Waals surface area (Å²) in [5.74, 6) is 1.21. The van der Waals surface area contributed by atoms with Crippen molar-refractivity contribution in [1.82, 2.24) is 4.57 Å². The normalized spacial score (nSPS) is 14.8. The van der Waals surface area contributed by atoms with Crippen LogP contribution in [0.25, 0.3) is 6.08 Å². The van der Waals surface area contributed by atoms with E-state index in [0.29, 0.717) is 63.1 Å². The Hall–Kier alpha value is -3.63. The number of halogens is 1. The minimum Gasteiger partial charge on any atom is -0.496 e. The smallest absolute Gasteiger partial charge is 0.338 e. The van der Waals surface area contributed by atoms with E-state index >= 15 is 0 Å². The third kappa shape index (κ3) is 6.49. The largest absolute Gasteiger partial charge is 0.496 e. The lowest BCUT2D eigenvalue weighted by molar-refractivity contribution is -0.139. The maximum absolute atomic E-state index is 14.1. The highest BCUT2D eigenvalue weighted by Gasteiger charge is 2.36. The van der Waals surface area contributed by atoms with Crippen LogP contribution in [0.5, 0.6) is 17.2 Å². The summed E-state index contributed by atoms with van der Waals surface area (Å²) < 4.78 is 25.5. The van der Waals surface area contributed by atoms with E-state index < -0.39 is 12.0 Å². The minimum absolute atomic E-state index is 0.198. The number of ether oxygens (including phenoxy) is 4. The zero-order valence-corrected chi connectivity index (χ0v) is 26.0. The Labute approximate surface area is 251 Å². The summed E-state index contributed by atoms with van der Waals surface area (Å²) in [6.07, 6.45) is 4.78. The number of nitrogens with zero attached hydrogens (tertiary/aromatic N) is 2. The van der Waals surface area contributed by atoms with Gasteiger partial charge in [0.25, 0.3) is 5.56 Å². The highest BCUT2D eigenvalue weighted by atomic mass is 79.9. The summed E-state index contributed by atoms with van der Waals surface area (Å²) in [5.41, 5.74) is 2.09. The second-order valence-electron chi connectivity index (χ2n) is 9.04. The number of hydrogen-bond acceptors (Lipinski definition) is 8. The van der Waals surface area contributed by atoms with Gasteiger partial charge in [0, 0.05) is 10.0 Å². The first-order valence-corrected chi connectivity index (χ1v) is 15.0. The molecule has 0 fully saturated rings. The topological polar surface area (TPSA) is 88.4 Å². The number of aromatic nitrogens is 1. The molecule has 0 amide bonds. The van der Waals surface area contributed by atoms with Gasteiger partial charge in [-0.15, -0.1) is 0 Å². The van der Waals surface area contributed by atoms with E-state index in [9.17, 15) is 9.59 Å². The summed E-state index contributed by atoms with van der Waals surface area (Å²) in [5, 5.41) is 0. The summed E-state index contributed by atoms with van der Waals surface area (Å²) in [6.45, 7) is 10.4. The van der Waals surface area contributed by atoms with Crippen LogP contribution in [-0.2, 0) is 9.53 Å². The SMILES string of the molecule is C=CCOc1ccc(/C=c2/sc3n(c2=O)[C@@H](c2cc(Br)ccc2OC)C(C(=O)OCC)=C(CCC)N=3)cc1OCC. The Balaban J connectivity index is 1.97. The Kier molecular flexibility index (Phi) is 10.2. The molecule has 1 aliphatic heterocycles. The molecule has 0 N–H and O–H groups in total. The third-order valence-corrected chi connectivity index (χ3v) is 7.78. The molecule has 216 valence electrons. The molecule has 2 heterocycles. The van der Waals surface area contributed by atoms with Crippen molar-refractivity contribution in [3.63, 3.8) is 0 Å². The lowest BCUT2D eigenvalue weighted by Gasteiger charge is -2.27. The molecular weight excluding hydrogens is 608 g/mol. The van der Waals surface area contributed by atoms with Gasteiger partial charge in [-0.05, 0) is 62.2 Å². The van der Waals surface area contributed by atoms with Gasteiger partial charge < -0.3 is 18.9 Å². The van der Waals surface area contributed by atoms with Gasteiger partial charge in [-0.25, -0.2) is 9.79 Å². The highest BCUT2D eigenvalue weighted by molar-refractivity contribution is 9.10.